The van der Waals surface area contributed by atoms with Gasteiger partial charge in [0, 0.05) is 25.6 Å². The number of amides is 1. The van der Waals surface area contributed by atoms with Crippen LogP contribution in [0.2, 0.25) is 0 Å². The molecule has 2 atom stereocenters. The van der Waals surface area contributed by atoms with Gasteiger partial charge in [0.1, 0.15) is 5.71 Å². The summed E-state index contributed by atoms with van der Waals surface area (Å²) in [5.74, 6) is 1.49. The molecule has 2 aromatic rings. The maximum Gasteiger partial charge on any atom is 0.266 e. The van der Waals surface area contributed by atoms with E-state index in [4.69, 9.17) is 4.74 Å². The van der Waals surface area contributed by atoms with Gasteiger partial charge in [0.15, 0.2) is 0 Å². The van der Waals surface area contributed by atoms with E-state index in [2.05, 4.69) is 49.6 Å². The average molecular weight is 366 g/mol. The van der Waals surface area contributed by atoms with Crippen molar-refractivity contribution in [3.63, 3.8) is 0 Å². The van der Waals surface area contributed by atoms with E-state index in [0.717, 1.165) is 19.5 Å². The van der Waals surface area contributed by atoms with E-state index in [-0.39, 0.29) is 11.8 Å². The van der Waals surface area contributed by atoms with Crippen LogP contribution in [0.25, 0.3) is 0 Å². The molecule has 2 unspecified atom stereocenters. The van der Waals surface area contributed by atoms with Crippen LogP contribution in [-0.2, 0) is 22.5 Å². The first-order valence-corrected chi connectivity index (χ1v) is 9.46. The zero-order valence-electron chi connectivity index (χ0n) is 15.0. The van der Waals surface area contributed by atoms with Crippen LogP contribution in [0.3, 0.4) is 0 Å². The molecule has 1 aromatic carbocycles. The number of nitrogens with zero attached hydrogens (tertiary/aromatic N) is 5. The molecule has 0 saturated carbocycles. The van der Waals surface area contributed by atoms with Crippen molar-refractivity contribution in [3.8, 4) is 0 Å². The molecule has 3 aliphatic rings. The second-order valence-corrected chi connectivity index (χ2v) is 7.26. The molecule has 1 amide bonds. The molecule has 27 heavy (non-hydrogen) atoms. The highest BCUT2D eigenvalue weighted by molar-refractivity contribution is 6.40. The van der Waals surface area contributed by atoms with E-state index in [9.17, 15) is 4.79 Å². The normalized spacial score (nSPS) is 24.7. The molecule has 8 nitrogen and oxygen atoms in total. The summed E-state index contributed by atoms with van der Waals surface area (Å²) in [6, 6.07) is 10.4. The molecule has 0 bridgehead atoms. The van der Waals surface area contributed by atoms with Crippen LogP contribution in [0.5, 0.6) is 0 Å². The summed E-state index contributed by atoms with van der Waals surface area (Å²) in [4.78, 5) is 23.7. The van der Waals surface area contributed by atoms with Crippen LogP contribution < -0.4 is 10.2 Å². The molecule has 8 heteroatoms. The number of hydrogen-bond donors (Lipinski definition) is 1. The van der Waals surface area contributed by atoms with Gasteiger partial charge in [-0.05, 0) is 17.9 Å². The highest BCUT2D eigenvalue weighted by Crippen LogP contribution is 2.31. The Morgan fingerprint density at radius 2 is 2.00 bits per heavy atom. The Kier molecular flexibility index (Phi) is 4.12. The van der Waals surface area contributed by atoms with Crippen molar-refractivity contribution >= 4 is 23.5 Å². The second kappa shape index (κ2) is 6.77. The number of ether oxygens (including phenoxy) is 1. The van der Waals surface area contributed by atoms with E-state index in [1.54, 1.807) is 0 Å². The predicted octanol–water partition coefficient (Wildman–Crippen LogP) is 0.806. The molecule has 140 valence electrons. The van der Waals surface area contributed by atoms with Crippen molar-refractivity contribution in [2.75, 3.05) is 37.7 Å². The van der Waals surface area contributed by atoms with Gasteiger partial charge in [0.05, 0.1) is 19.8 Å². The lowest BCUT2D eigenvalue weighted by Gasteiger charge is -2.34. The SMILES string of the molecule is O=C1NCC(Cc2ccccc2)C2Cn3nc(N4CCOCC4)nc3N=C12. The van der Waals surface area contributed by atoms with E-state index < -0.39 is 0 Å². The fourth-order valence-corrected chi connectivity index (χ4v) is 4.07. The molecule has 0 radical (unpaired) electrons. The van der Waals surface area contributed by atoms with Crippen LogP contribution in [-0.4, -0.2) is 59.2 Å². The Hall–Kier alpha value is -2.74. The van der Waals surface area contributed by atoms with Crippen molar-refractivity contribution in [1.29, 1.82) is 0 Å². The fraction of sp³-hybridized carbons (Fsp3) is 0.474. The zero-order valence-corrected chi connectivity index (χ0v) is 15.0. The van der Waals surface area contributed by atoms with Crippen molar-refractivity contribution in [2.24, 2.45) is 16.8 Å². The summed E-state index contributed by atoms with van der Waals surface area (Å²) in [6.07, 6.45) is 0.908. The molecule has 4 heterocycles. The van der Waals surface area contributed by atoms with Gasteiger partial charge in [-0.25, -0.2) is 9.67 Å². The second-order valence-electron chi connectivity index (χ2n) is 7.26. The number of hydrogen-bond acceptors (Lipinski definition) is 6. The number of morpholine rings is 1. The summed E-state index contributed by atoms with van der Waals surface area (Å²) in [7, 11) is 0. The zero-order chi connectivity index (χ0) is 18.2. The summed E-state index contributed by atoms with van der Waals surface area (Å²) < 4.78 is 7.26. The Morgan fingerprint density at radius 3 is 2.81 bits per heavy atom. The minimum Gasteiger partial charge on any atom is -0.378 e. The first-order valence-electron chi connectivity index (χ1n) is 9.46. The topological polar surface area (TPSA) is 84.6 Å². The maximum atomic E-state index is 12.4. The van der Waals surface area contributed by atoms with Crippen LogP contribution in [0.4, 0.5) is 11.9 Å². The van der Waals surface area contributed by atoms with Gasteiger partial charge < -0.3 is 15.0 Å². The van der Waals surface area contributed by atoms with Crippen LogP contribution >= 0.6 is 0 Å². The summed E-state index contributed by atoms with van der Waals surface area (Å²) in [6.45, 7) is 4.24. The highest BCUT2D eigenvalue weighted by atomic mass is 16.5. The van der Waals surface area contributed by atoms with Gasteiger partial charge in [-0.1, -0.05) is 30.3 Å². The molecule has 2 fully saturated rings. The molecule has 2 saturated heterocycles. The number of nitrogens with one attached hydrogen (secondary N) is 1. The minimum atomic E-state index is -0.0773. The quantitative estimate of drug-likeness (QED) is 0.869. The first-order chi connectivity index (χ1) is 13.3. The Bertz CT molecular complexity index is 872. The molecular weight excluding hydrogens is 344 g/mol. The van der Waals surface area contributed by atoms with E-state index in [1.165, 1.54) is 5.56 Å². The molecule has 0 aliphatic carbocycles. The number of benzene rings is 1. The third-order valence-corrected chi connectivity index (χ3v) is 5.54. The molecule has 3 aliphatic heterocycles. The fourth-order valence-electron chi connectivity index (χ4n) is 4.07. The Balaban J connectivity index is 1.41. The number of piperidine rings is 1. The monoisotopic (exact) mass is 366 g/mol. The van der Waals surface area contributed by atoms with Gasteiger partial charge in [-0.15, -0.1) is 5.10 Å². The molecule has 0 spiro atoms. The smallest absolute Gasteiger partial charge is 0.266 e. The van der Waals surface area contributed by atoms with Crippen LogP contribution in [0, 0.1) is 11.8 Å². The van der Waals surface area contributed by atoms with Gasteiger partial charge in [-0.3, -0.25) is 4.79 Å². The van der Waals surface area contributed by atoms with E-state index >= 15 is 0 Å². The van der Waals surface area contributed by atoms with Gasteiger partial charge in [-0.2, -0.15) is 4.98 Å². The Labute approximate surface area is 157 Å². The summed E-state index contributed by atoms with van der Waals surface area (Å²) in [5, 5.41) is 7.67. The number of fused-ring (bicyclic) bond motifs is 2. The number of carbonyl (C=O) groups excluding carboxylic acids is 1. The van der Waals surface area contributed by atoms with E-state index in [1.807, 2.05) is 10.7 Å². The third kappa shape index (κ3) is 3.10. The van der Waals surface area contributed by atoms with Crippen molar-refractivity contribution in [1.82, 2.24) is 20.1 Å². The van der Waals surface area contributed by atoms with Crippen molar-refractivity contribution < 1.29 is 9.53 Å². The number of rotatable bonds is 3. The number of aliphatic imine (C=N–C) groups is 1. The van der Waals surface area contributed by atoms with Crippen molar-refractivity contribution in [2.45, 2.75) is 13.0 Å². The van der Waals surface area contributed by atoms with E-state index in [0.29, 0.717) is 49.8 Å². The van der Waals surface area contributed by atoms with Gasteiger partial charge in [0.2, 0.25) is 11.9 Å². The number of carbonyl (C=O) groups is 1. The third-order valence-electron chi connectivity index (χ3n) is 5.54. The largest absolute Gasteiger partial charge is 0.378 e. The Morgan fingerprint density at radius 1 is 1.19 bits per heavy atom. The van der Waals surface area contributed by atoms with Crippen molar-refractivity contribution in [3.05, 3.63) is 35.9 Å². The molecule has 5 rings (SSSR count). The average Bonchev–Trinajstić information content (AvgIpc) is 3.14. The predicted molar refractivity (Wildman–Crippen MR) is 100 cm³/mol. The standard InChI is InChI=1S/C19H22N6O2/c26-17-16-15(14(11-20-17)10-13-4-2-1-3-5-13)12-25-18(21-16)22-19(23-25)24-6-8-27-9-7-24/h1-5,14-15H,6-12H2,(H,20,26). The first kappa shape index (κ1) is 16.4. The van der Waals surface area contributed by atoms with Gasteiger partial charge >= 0.3 is 0 Å². The molecular formula is C19H22N6O2. The van der Waals surface area contributed by atoms with Gasteiger partial charge in [0.25, 0.3) is 5.91 Å². The maximum absolute atomic E-state index is 12.4. The lowest BCUT2D eigenvalue weighted by Crippen LogP contribution is -2.51. The van der Waals surface area contributed by atoms with Crippen LogP contribution in [0.1, 0.15) is 5.56 Å². The minimum absolute atomic E-state index is 0.0608. The summed E-state index contributed by atoms with van der Waals surface area (Å²) >= 11 is 0. The lowest BCUT2D eigenvalue weighted by atomic mass is 9.80. The molecule has 1 aromatic heterocycles. The number of aromatic nitrogens is 3. The molecule has 1 N–H and O–H groups in total. The summed E-state index contributed by atoms with van der Waals surface area (Å²) in [5.41, 5.74) is 1.87. The highest BCUT2D eigenvalue weighted by Gasteiger charge is 2.39. The lowest BCUT2D eigenvalue weighted by molar-refractivity contribution is -0.116. The van der Waals surface area contributed by atoms with Crippen LogP contribution in [0.15, 0.2) is 35.3 Å². The number of anilines is 1.